The zero-order valence-electron chi connectivity index (χ0n) is 20.0. The Labute approximate surface area is 201 Å². The summed E-state index contributed by atoms with van der Waals surface area (Å²) in [5.74, 6) is -0.908. The molecule has 1 heterocycles. The highest BCUT2D eigenvalue weighted by Gasteiger charge is 2.38. The number of aryl methyl sites for hydroxylation is 2. The summed E-state index contributed by atoms with van der Waals surface area (Å²) in [4.78, 5) is 13.4. The molecule has 2 aromatic carbocycles. The van der Waals surface area contributed by atoms with E-state index in [0.29, 0.717) is 5.75 Å². The van der Waals surface area contributed by atoms with E-state index in [2.05, 4.69) is 15.5 Å². The molecule has 2 N–H and O–H groups in total. The molecule has 0 saturated carbocycles. The third kappa shape index (κ3) is 5.45. The van der Waals surface area contributed by atoms with Crippen LogP contribution in [0.2, 0.25) is 0 Å². The van der Waals surface area contributed by atoms with Gasteiger partial charge in [0.15, 0.2) is 5.69 Å². The number of carbonyl (C=O) groups excluding carboxylic acids is 1. The molecule has 1 amide bonds. The van der Waals surface area contributed by atoms with Crippen LogP contribution in [0.5, 0.6) is 11.6 Å². The average molecular weight is 507 g/mol. The van der Waals surface area contributed by atoms with Gasteiger partial charge < -0.3 is 10.1 Å². The van der Waals surface area contributed by atoms with Gasteiger partial charge in [0.2, 0.25) is 0 Å². The van der Waals surface area contributed by atoms with Gasteiger partial charge in [-0.2, -0.15) is 13.2 Å². The number of rotatable bonds is 5. The minimum Gasteiger partial charge on any atom is -0.436 e. The molecule has 11 heteroatoms. The largest absolute Gasteiger partial charge is 0.436 e. The highest BCUT2D eigenvalue weighted by Crippen LogP contribution is 2.37. The second kappa shape index (κ2) is 9.29. The lowest BCUT2D eigenvalue weighted by Crippen LogP contribution is -2.21. The van der Waals surface area contributed by atoms with Gasteiger partial charge in [0.05, 0.1) is 9.73 Å². The topological polar surface area (TPSA) is 105 Å². The van der Waals surface area contributed by atoms with Crippen LogP contribution in [0.1, 0.15) is 43.9 Å². The number of amides is 1. The Balaban J connectivity index is 2.15. The fourth-order valence-electron chi connectivity index (χ4n) is 3.55. The summed E-state index contributed by atoms with van der Waals surface area (Å²) in [6.45, 7) is 8.47. The second-order valence-corrected chi connectivity index (χ2v) is 10.5. The first-order chi connectivity index (χ1) is 16.1. The van der Waals surface area contributed by atoms with Gasteiger partial charge in [0.25, 0.3) is 11.8 Å². The molecule has 1 atom stereocenters. The molecule has 0 saturated heterocycles. The van der Waals surface area contributed by atoms with Gasteiger partial charge >= 0.3 is 6.18 Å². The number of aromatic nitrogens is 2. The van der Waals surface area contributed by atoms with Gasteiger partial charge in [0, 0.05) is 16.8 Å². The summed E-state index contributed by atoms with van der Waals surface area (Å²) in [5, 5.41) is 9.44. The molecule has 0 radical (unpaired) electrons. The number of alkyl halides is 3. The van der Waals surface area contributed by atoms with E-state index < -0.39 is 38.6 Å². The van der Waals surface area contributed by atoms with Crippen molar-refractivity contribution in [2.75, 3.05) is 11.6 Å². The van der Waals surface area contributed by atoms with Crippen LogP contribution in [0.3, 0.4) is 0 Å². The molecule has 35 heavy (non-hydrogen) atoms. The molecule has 3 rings (SSSR count). The molecule has 0 aliphatic heterocycles. The van der Waals surface area contributed by atoms with E-state index >= 15 is 0 Å². The normalized spacial score (nSPS) is 13.3. The van der Waals surface area contributed by atoms with Crippen molar-refractivity contribution >= 4 is 21.3 Å². The zero-order valence-corrected chi connectivity index (χ0v) is 20.9. The maximum Gasteiger partial charge on any atom is 0.435 e. The van der Waals surface area contributed by atoms with E-state index in [-0.39, 0.29) is 16.5 Å². The molecule has 186 valence electrons. The monoisotopic (exact) mass is 506 g/mol. The lowest BCUT2D eigenvalue weighted by Gasteiger charge is -2.19. The fourth-order valence-corrected chi connectivity index (χ4v) is 4.24. The third-order valence-electron chi connectivity index (χ3n) is 5.72. The van der Waals surface area contributed by atoms with Crippen LogP contribution < -0.4 is 10.1 Å². The van der Waals surface area contributed by atoms with Crippen LogP contribution in [0.4, 0.5) is 18.9 Å². The molecular weight excluding hydrogens is 481 g/mol. The summed E-state index contributed by atoms with van der Waals surface area (Å²) in [7, 11) is -3.07. The van der Waals surface area contributed by atoms with E-state index in [0.717, 1.165) is 29.2 Å². The molecular formula is C24H25F3N4O3S. The predicted molar refractivity (Wildman–Crippen MR) is 127 cm³/mol. The second-order valence-electron chi connectivity index (χ2n) is 8.37. The van der Waals surface area contributed by atoms with Crippen LogP contribution in [0.25, 0.3) is 0 Å². The molecule has 1 unspecified atom stereocenters. The molecule has 7 nitrogen and oxygen atoms in total. The van der Waals surface area contributed by atoms with Crippen LogP contribution in [-0.2, 0) is 15.9 Å². The lowest BCUT2D eigenvalue weighted by atomic mass is 10.00. The number of ether oxygens (including phenoxy) is 1. The standard InChI is InChI=1S/C24H25F3N4O3S/c1-12-10-13(2)15(4)20(14(12)3)34-23-19(16(5)21(30-31-23)24(25,26)27)22(32)29-17-8-7-9-18(11-17)35(6,28)33/h7-11,28H,1-6H3,(H,29,32). The average Bonchev–Trinajstić information content (AvgIpc) is 2.74. The van der Waals surface area contributed by atoms with Crippen molar-refractivity contribution in [3.63, 3.8) is 0 Å². The predicted octanol–water partition coefficient (Wildman–Crippen LogP) is 6.12. The third-order valence-corrected chi connectivity index (χ3v) is 6.87. The minimum absolute atomic E-state index is 0.156. The molecule has 3 aromatic rings. The Morgan fingerprint density at radius 2 is 1.60 bits per heavy atom. The SMILES string of the molecule is Cc1cc(C)c(C)c(Oc2nnc(C(F)(F)F)c(C)c2C(=O)Nc2cccc(S(C)(=N)=O)c2)c1C. The van der Waals surface area contributed by atoms with E-state index in [1.807, 2.05) is 19.9 Å². The van der Waals surface area contributed by atoms with E-state index in [1.54, 1.807) is 13.8 Å². The lowest BCUT2D eigenvalue weighted by molar-refractivity contribution is -0.142. The van der Waals surface area contributed by atoms with Gasteiger partial charge in [-0.05, 0) is 80.6 Å². The fraction of sp³-hybridized carbons (Fsp3) is 0.292. The number of nitrogens with zero attached hydrogens (tertiary/aromatic N) is 2. The van der Waals surface area contributed by atoms with Crippen LogP contribution in [0.15, 0.2) is 35.2 Å². The van der Waals surface area contributed by atoms with Crippen LogP contribution >= 0.6 is 0 Å². The number of hydrogen-bond acceptors (Lipinski definition) is 6. The van der Waals surface area contributed by atoms with E-state index in [4.69, 9.17) is 9.52 Å². The highest BCUT2D eigenvalue weighted by molar-refractivity contribution is 7.91. The van der Waals surface area contributed by atoms with E-state index in [9.17, 15) is 22.2 Å². The van der Waals surface area contributed by atoms with Gasteiger partial charge in [-0.25, -0.2) is 8.99 Å². The van der Waals surface area contributed by atoms with Gasteiger partial charge in [-0.15, -0.1) is 10.2 Å². The number of halogens is 3. The Morgan fingerprint density at radius 1 is 1.00 bits per heavy atom. The molecule has 0 fully saturated rings. The summed E-state index contributed by atoms with van der Waals surface area (Å²) in [6, 6.07) is 7.72. The zero-order chi connectivity index (χ0) is 26.3. The highest BCUT2D eigenvalue weighted by atomic mass is 32.2. The van der Waals surface area contributed by atoms with Crippen molar-refractivity contribution in [1.29, 1.82) is 4.78 Å². The summed E-state index contributed by atoms with van der Waals surface area (Å²) >= 11 is 0. The quantitative estimate of drug-likeness (QED) is 0.434. The smallest absolute Gasteiger partial charge is 0.435 e. The Hall–Kier alpha value is -3.47. The van der Waals surface area contributed by atoms with Crippen molar-refractivity contribution in [1.82, 2.24) is 10.2 Å². The molecule has 0 bridgehead atoms. The van der Waals surface area contributed by atoms with Crippen LogP contribution in [0, 0.1) is 39.4 Å². The summed E-state index contributed by atoms with van der Waals surface area (Å²) < 4.78 is 66.4. The summed E-state index contributed by atoms with van der Waals surface area (Å²) in [6.07, 6.45) is -3.61. The molecule has 0 spiro atoms. The Morgan fingerprint density at radius 3 is 2.14 bits per heavy atom. The first-order valence-corrected chi connectivity index (χ1v) is 12.4. The molecule has 0 aliphatic carbocycles. The minimum atomic E-state index is -4.84. The van der Waals surface area contributed by atoms with Crippen molar-refractivity contribution < 1.29 is 26.9 Å². The van der Waals surface area contributed by atoms with E-state index in [1.165, 1.54) is 30.5 Å². The number of nitrogens with one attached hydrogen (secondary N) is 2. The van der Waals surface area contributed by atoms with Gasteiger partial charge in [0.1, 0.15) is 11.3 Å². The first kappa shape index (κ1) is 26.1. The summed E-state index contributed by atoms with van der Waals surface area (Å²) in [5.41, 5.74) is 1.28. The van der Waals surface area contributed by atoms with Crippen molar-refractivity contribution in [3.05, 3.63) is 69.4 Å². The van der Waals surface area contributed by atoms with Gasteiger partial charge in [-0.1, -0.05) is 12.1 Å². The Kier molecular flexibility index (Phi) is 6.94. The maximum absolute atomic E-state index is 13.6. The number of benzene rings is 2. The van der Waals surface area contributed by atoms with Crippen molar-refractivity contribution in [3.8, 4) is 11.6 Å². The molecule has 0 aliphatic rings. The van der Waals surface area contributed by atoms with Crippen molar-refractivity contribution in [2.24, 2.45) is 0 Å². The molecule has 1 aromatic heterocycles. The first-order valence-electron chi connectivity index (χ1n) is 10.5. The number of hydrogen-bond donors (Lipinski definition) is 2. The van der Waals surface area contributed by atoms with Crippen molar-refractivity contribution in [2.45, 2.75) is 45.7 Å². The van der Waals surface area contributed by atoms with Crippen LogP contribution in [-0.4, -0.2) is 26.6 Å². The number of anilines is 1. The maximum atomic E-state index is 13.6. The van der Waals surface area contributed by atoms with Gasteiger partial charge in [-0.3, -0.25) is 4.79 Å². The number of carbonyl (C=O) groups is 1. The Bertz CT molecular complexity index is 1410.